The predicted octanol–water partition coefficient (Wildman–Crippen LogP) is 5.36. The summed E-state index contributed by atoms with van der Waals surface area (Å²) >= 11 is 3.59. The van der Waals surface area contributed by atoms with Gasteiger partial charge in [-0.25, -0.2) is 0 Å². The summed E-state index contributed by atoms with van der Waals surface area (Å²) < 4.78 is 1.10. The van der Waals surface area contributed by atoms with E-state index < -0.39 is 0 Å². The molecule has 2 aliphatic carbocycles. The van der Waals surface area contributed by atoms with Crippen LogP contribution in [0.4, 0.5) is 0 Å². The molecule has 2 aromatic carbocycles. The number of halogens is 1. The summed E-state index contributed by atoms with van der Waals surface area (Å²) in [6.07, 6.45) is 5.99. The largest absolute Gasteiger partial charge is 0.352 e. The number of fused-ring (bicyclic) bond motifs is 4. The van der Waals surface area contributed by atoms with E-state index in [1.165, 1.54) is 49.0 Å². The predicted molar refractivity (Wildman–Crippen MR) is 130 cm³/mol. The van der Waals surface area contributed by atoms with Crippen LogP contribution in [-0.4, -0.2) is 36.5 Å². The van der Waals surface area contributed by atoms with Crippen LogP contribution in [0.3, 0.4) is 0 Å². The molecule has 2 fully saturated rings. The van der Waals surface area contributed by atoms with Crippen LogP contribution in [0.15, 0.2) is 46.9 Å². The van der Waals surface area contributed by atoms with E-state index in [1.807, 2.05) is 24.3 Å². The number of likely N-dealkylation sites (tertiary alicyclic amines) is 1. The minimum atomic E-state index is 0.0411. The molecule has 4 heteroatoms. The maximum absolute atomic E-state index is 12.9. The lowest BCUT2D eigenvalue weighted by Gasteiger charge is -2.55. The lowest BCUT2D eigenvalue weighted by atomic mass is 9.59. The number of carbonyl (C=O) groups is 1. The highest BCUT2D eigenvalue weighted by Gasteiger charge is 2.49. The highest BCUT2D eigenvalue weighted by Crippen LogP contribution is 2.49. The molecular weight excluding hydrogens is 448 g/mol. The van der Waals surface area contributed by atoms with Gasteiger partial charge < -0.3 is 5.32 Å². The lowest BCUT2D eigenvalue weighted by molar-refractivity contribution is 0.0284. The van der Waals surface area contributed by atoms with Crippen LogP contribution in [0.5, 0.6) is 0 Å². The quantitative estimate of drug-likeness (QED) is 0.603. The van der Waals surface area contributed by atoms with Crippen molar-refractivity contribution in [2.24, 2.45) is 11.8 Å². The Hall–Kier alpha value is -1.65. The molecule has 1 heterocycles. The van der Waals surface area contributed by atoms with Crippen molar-refractivity contribution >= 4 is 21.8 Å². The number of amides is 1. The Balaban J connectivity index is 1.30. The average Bonchev–Trinajstić information content (AvgIpc) is 3.58. The summed E-state index contributed by atoms with van der Waals surface area (Å²) in [6.45, 7) is 8.01. The number of rotatable bonds is 6. The second kappa shape index (κ2) is 8.37. The summed E-state index contributed by atoms with van der Waals surface area (Å²) in [5.41, 5.74) is 5.07. The van der Waals surface area contributed by atoms with E-state index in [-0.39, 0.29) is 11.3 Å². The summed E-state index contributed by atoms with van der Waals surface area (Å²) in [4.78, 5) is 15.7. The van der Waals surface area contributed by atoms with Gasteiger partial charge in [0, 0.05) is 29.2 Å². The van der Waals surface area contributed by atoms with Gasteiger partial charge in [0.15, 0.2) is 0 Å². The minimum absolute atomic E-state index is 0.0411. The Morgan fingerprint density at radius 2 is 2.03 bits per heavy atom. The molecule has 1 amide bonds. The zero-order valence-electron chi connectivity index (χ0n) is 18.7. The van der Waals surface area contributed by atoms with Crippen LogP contribution in [0.2, 0.25) is 0 Å². The van der Waals surface area contributed by atoms with E-state index in [9.17, 15) is 4.79 Å². The highest BCUT2D eigenvalue weighted by molar-refractivity contribution is 9.10. The smallest absolute Gasteiger partial charge is 0.251 e. The molecular formula is C27H33BrN2O. The molecule has 3 nitrogen and oxygen atoms in total. The van der Waals surface area contributed by atoms with Gasteiger partial charge in [0.25, 0.3) is 5.91 Å². The number of nitrogens with one attached hydrogen (secondary N) is 1. The van der Waals surface area contributed by atoms with Crippen molar-refractivity contribution in [1.82, 2.24) is 10.2 Å². The van der Waals surface area contributed by atoms with E-state index in [1.54, 1.807) is 0 Å². The van der Waals surface area contributed by atoms with Crippen molar-refractivity contribution in [2.75, 3.05) is 19.6 Å². The Morgan fingerprint density at radius 1 is 1.23 bits per heavy atom. The van der Waals surface area contributed by atoms with Crippen LogP contribution in [0.25, 0.3) is 0 Å². The maximum Gasteiger partial charge on any atom is 0.251 e. The Labute approximate surface area is 194 Å². The first-order valence-electron chi connectivity index (χ1n) is 11.8. The van der Waals surface area contributed by atoms with Gasteiger partial charge in [0.2, 0.25) is 0 Å². The van der Waals surface area contributed by atoms with Crippen LogP contribution in [-0.2, 0) is 18.3 Å². The van der Waals surface area contributed by atoms with E-state index in [0.29, 0.717) is 18.5 Å². The minimum Gasteiger partial charge on any atom is -0.352 e. The van der Waals surface area contributed by atoms with E-state index in [4.69, 9.17) is 0 Å². The summed E-state index contributed by atoms with van der Waals surface area (Å²) in [5, 5.41) is 3.13. The van der Waals surface area contributed by atoms with Crippen molar-refractivity contribution in [3.63, 3.8) is 0 Å². The molecule has 2 aromatic rings. The molecule has 31 heavy (non-hydrogen) atoms. The molecule has 5 rings (SSSR count). The summed E-state index contributed by atoms with van der Waals surface area (Å²) in [6, 6.07) is 15.3. The van der Waals surface area contributed by atoms with Crippen LogP contribution in [0, 0.1) is 11.8 Å². The van der Waals surface area contributed by atoms with Crippen LogP contribution < -0.4 is 5.32 Å². The van der Waals surface area contributed by atoms with Gasteiger partial charge in [-0.3, -0.25) is 9.69 Å². The number of piperidine rings is 1. The molecule has 3 aliphatic rings. The Kier molecular flexibility index (Phi) is 5.72. The number of hydrogen-bond acceptors (Lipinski definition) is 2. The number of hydrogen-bond donors (Lipinski definition) is 1. The van der Waals surface area contributed by atoms with Crippen LogP contribution >= 0.6 is 15.9 Å². The van der Waals surface area contributed by atoms with Crippen molar-refractivity contribution in [3.8, 4) is 0 Å². The van der Waals surface area contributed by atoms with Crippen molar-refractivity contribution in [1.29, 1.82) is 0 Å². The van der Waals surface area contributed by atoms with Gasteiger partial charge in [0.05, 0.1) is 0 Å². The molecule has 1 aliphatic heterocycles. The second-order valence-corrected chi connectivity index (χ2v) is 11.0. The SMILES string of the molecule is CC1[C@H]2Cc3ccc(C(=O)NCCc4ccccc4Br)cc3[C@]1(C)CCN2CC1CC1. The van der Waals surface area contributed by atoms with Crippen LogP contribution in [0.1, 0.15) is 60.2 Å². The number of nitrogens with zero attached hydrogens (tertiary/aromatic N) is 1. The fourth-order valence-electron chi connectivity index (χ4n) is 5.82. The monoisotopic (exact) mass is 480 g/mol. The summed E-state index contributed by atoms with van der Waals surface area (Å²) in [5.74, 6) is 1.61. The second-order valence-electron chi connectivity index (χ2n) is 10.1. The molecule has 0 aromatic heterocycles. The normalized spacial score (nSPS) is 27.6. The van der Waals surface area contributed by atoms with Gasteiger partial charge >= 0.3 is 0 Å². The zero-order chi connectivity index (χ0) is 21.6. The Morgan fingerprint density at radius 3 is 2.81 bits per heavy atom. The third kappa shape index (κ3) is 4.09. The van der Waals surface area contributed by atoms with E-state index in [0.717, 1.165) is 28.8 Å². The van der Waals surface area contributed by atoms with Crippen molar-refractivity contribution in [2.45, 2.75) is 57.4 Å². The maximum atomic E-state index is 12.9. The number of benzene rings is 2. The molecule has 3 atom stereocenters. The van der Waals surface area contributed by atoms with E-state index in [2.05, 4.69) is 58.2 Å². The third-order valence-corrected chi connectivity index (χ3v) is 8.99. The van der Waals surface area contributed by atoms with Gasteiger partial charge in [-0.15, -0.1) is 0 Å². The molecule has 1 N–H and O–H groups in total. The van der Waals surface area contributed by atoms with Gasteiger partial charge in [-0.1, -0.05) is 54.0 Å². The molecule has 1 unspecified atom stereocenters. The summed E-state index contributed by atoms with van der Waals surface area (Å²) in [7, 11) is 0. The van der Waals surface area contributed by atoms with Gasteiger partial charge in [0.1, 0.15) is 0 Å². The molecule has 2 bridgehead atoms. The van der Waals surface area contributed by atoms with E-state index >= 15 is 0 Å². The first kappa shape index (κ1) is 21.2. The van der Waals surface area contributed by atoms with Crippen molar-refractivity contribution in [3.05, 3.63) is 69.2 Å². The first-order chi connectivity index (χ1) is 15.0. The first-order valence-corrected chi connectivity index (χ1v) is 12.6. The average molecular weight is 481 g/mol. The Bertz CT molecular complexity index is 985. The molecule has 0 spiro atoms. The fourth-order valence-corrected chi connectivity index (χ4v) is 6.30. The topological polar surface area (TPSA) is 32.3 Å². The third-order valence-electron chi connectivity index (χ3n) is 8.21. The molecule has 1 saturated heterocycles. The standard InChI is InChI=1S/C27H33BrN2O/c1-18-25-16-21-9-10-22(26(31)29-13-11-20-5-3-4-6-24(20)28)15-23(21)27(18,2)12-14-30(25)17-19-7-8-19/h3-6,9-10,15,18-19,25H,7-8,11-14,16-17H2,1-2H3,(H,29,31)/t18?,25-,27-/m1/s1. The molecule has 0 radical (unpaired) electrons. The van der Waals surface area contributed by atoms with Gasteiger partial charge in [-0.2, -0.15) is 0 Å². The molecule has 164 valence electrons. The van der Waals surface area contributed by atoms with Gasteiger partial charge in [-0.05, 0) is 90.8 Å². The lowest BCUT2D eigenvalue weighted by Crippen LogP contribution is -2.58. The number of carbonyl (C=O) groups excluding carboxylic acids is 1. The molecule has 1 saturated carbocycles. The van der Waals surface area contributed by atoms with Crippen molar-refractivity contribution < 1.29 is 4.79 Å². The highest BCUT2D eigenvalue weighted by atomic mass is 79.9. The fraction of sp³-hybridized carbons (Fsp3) is 0.519. The zero-order valence-corrected chi connectivity index (χ0v) is 20.2.